The van der Waals surface area contributed by atoms with E-state index in [1.54, 1.807) is 6.20 Å². The number of ether oxygens (including phenoxy) is 1. The van der Waals surface area contributed by atoms with Crippen molar-refractivity contribution in [3.8, 4) is 5.69 Å². The molecule has 0 aliphatic carbocycles. The van der Waals surface area contributed by atoms with E-state index in [4.69, 9.17) is 4.74 Å². The molecule has 0 saturated carbocycles. The molecule has 0 bridgehead atoms. The Hall–Kier alpha value is -2.44. The van der Waals surface area contributed by atoms with E-state index in [0.29, 0.717) is 6.54 Å². The van der Waals surface area contributed by atoms with Crippen LogP contribution >= 0.6 is 11.3 Å². The molecule has 26 heavy (non-hydrogen) atoms. The highest BCUT2D eigenvalue weighted by Gasteiger charge is 2.21. The Labute approximate surface area is 156 Å². The lowest BCUT2D eigenvalue weighted by Crippen LogP contribution is -2.22. The van der Waals surface area contributed by atoms with Crippen molar-refractivity contribution in [1.82, 2.24) is 14.9 Å². The zero-order valence-electron chi connectivity index (χ0n) is 14.6. The van der Waals surface area contributed by atoms with Gasteiger partial charge in [-0.05, 0) is 43.5 Å². The highest BCUT2D eigenvalue weighted by molar-refractivity contribution is 7.14. The molecule has 4 rings (SSSR count). The van der Waals surface area contributed by atoms with Crippen LogP contribution in [0.1, 0.15) is 44.9 Å². The van der Waals surface area contributed by atoms with Gasteiger partial charge in [-0.15, -0.1) is 11.3 Å². The van der Waals surface area contributed by atoms with Crippen LogP contribution in [0.2, 0.25) is 0 Å². The van der Waals surface area contributed by atoms with Gasteiger partial charge < -0.3 is 14.6 Å². The Kier molecular flexibility index (Phi) is 4.86. The number of hydrogen-bond donors (Lipinski definition) is 1. The average Bonchev–Trinajstić information content (AvgIpc) is 3.40. The molecule has 1 aromatic carbocycles. The second kappa shape index (κ2) is 7.43. The summed E-state index contributed by atoms with van der Waals surface area (Å²) in [7, 11) is 0. The van der Waals surface area contributed by atoms with Gasteiger partial charge in [0.05, 0.1) is 16.7 Å². The fourth-order valence-corrected chi connectivity index (χ4v) is 4.25. The summed E-state index contributed by atoms with van der Waals surface area (Å²) >= 11 is 1.53. The standard InChI is InChI=1S/C20H21N3O2S/c1-14-21-10-11-23(14)16-6-3-2-5-15(16)13-22-20(24)19-9-8-18(26-19)17-7-4-12-25-17/h2-3,5-6,8-11,17H,4,7,12-13H2,1H3,(H,22,24). The highest BCUT2D eigenvalue weighted by atomic mass is 32.1. The number of imidazole rings is 1. The third-order valence-electron chi connectivity index (χ3n) is 4.61. The monoisotopic (exact) mass is 367 g/mol. The van der Waals surface area contributed by atoms with Crippen LogP contribution in [0.4, 0.5) is 0 Å². The zero-order valence-corrected chi connectivity index (χ0v) is 15.5. The van der Waals surface area contributed by atoms with Crippen LogP contribution in [-0.2, 0) is 11.3 Å². The van der Waals surface area contributed by atoms with Gasteiger partial charge in [0.2, 0.25) is 0 Å². The Morgan fingerprint density at radius 3 is 3.00 bits per heavy atom. The van der Waals surface area contributed by atoms with Crippen LogP contribution in [-0.4, -0.2) is 22.1 Å². The Balaban J connectivity index is 1.46. The van der Waals surface area contributed by atoms with Crippen molar-refractivity contribution in [1.29, 1.82) is 0 Å². The first kappa shape index (κ1) is 17.0. The number of benzene rings is 1. The fraction of sp³-hybridized carbons (Fsp3) is 0.300. The number of nitrogens with zero attached hydrogens (tertiary/aromatic N) is 2. The summed E-state index contributed by atoms with van der Waals surface area (Å²) in [5, 5.41) is 3.04. The lowest BCUT2D eigenvalue weighted by molar-refractivity contribution is 0.0955. The second-order valence-corrected chi connectivity index (χ2v) is 7.47. The predicted molar refractivity (Wildman–Crippen MR) is 102 cm³/mol. The molecule has 2 aromatic heterocycles. The Morgan fingerprint density at radius 1 is 1.35 bits per heavy atom. The molecule has 5 nitrogen and oxygen atoms in total. The van der Waals surface area contributed by atoms with Gasteiger partial charge >= 0.3 is 0 Å². The van der Waals surface area contributed by atoms with E-state index in [-0.39, 0.29) is 12.0 Å². The molecule has 1 N–H and O–H groups in total. The first-order valence-electron chi connectivity index (χ1n) is 8.80. The van der Waals surface area contributed by atoms with Gasteiger partial charge in [0, 0.05) is 30.4 Å². The maximum absolute atomic E-state index is 12.6. The molecule has 3 heterocycles. The molecule has 0 spiro atoms. The molecule has 1 saturated heterocycles. The smallest absolute Gasteiger partial charge is 0.261 e. The van der Waals surface area contributed by atoms with Crippen molar-refractivity contribution in [2.75, 3.05) is 6.61 Å². The van der Waals surface area contributed by atoms with Gasteiger partial charge in [0.25, 0.3) is 5.91 Å². The lowest BCUT2D eigenvalue weighted by Gasteiger charge is -2.12. The summed E-state index contributed by atoms with van der Waals surface area (Å²) in [6.45, 7) is 3.25. The number of para-hydroxylation sites is 1. The van der Waals surface area contributed by atoms with E-state index in [0.717, 1.165) is 46.3 Å². The van der Waals surface area contributed by atoms with E-state index in [2.05, 4.69) is 10.3 Å². The van der Waals surface area contributed by atoms with Gasteiger partial charge in [-0.3, -0.25) is 4.79 Å². The van der Waals surface area contributed by atoms with Gasteiger partial charge in [-0.1, -0.05) is 18.2 Å². The first-order valence-corrected chi connectivity index (χ1v) is 9.62. The Bertz CT molecular complexity index is 909. The number of rotatable bonds is 5. The number of carbonyl (C=O) groups is 1. The van der Waals surface area contributed by atoms with E-state index < -0.39 is 0 Å². The van der Waals surface area contributed by atoms with E-state index >= 15 is 0 Å². The van der Waals surface area contributed by atoms with Crippen molar-refractivity contribution in [3.63, 3.8) is 0 Å². The minimum atomic E-state index is -0.0450. The summed E-state index contributed by atoms with van der Waals surface area (Å²) < 4.78 is 7.73. The summed E-state index contributed by atoms with van der Waals surface area (Å²) in [6.07, 6.45) is 6.01. The molecule has 3 aromatic rings. The first-order chi connectivity index (χ1) is 12.7. The second-order valence-electron chi connectivity index (χ2n) is 6.36. The topological polar surface area (TPSA) is 56.2 Å². The minimum Gasteiger partial charge on any atom is -0.373 e. The third-order valence-corrected chi connectivity index (χ3v) is 5.79. The van der Waals surface area contributed by atoms with E-state index in [1.807, 2.05) is 54.1 Å². The lowest BCUT2D eigenvalue weighted by atomic mass is 10.1. The molecule has 134 valence electrons. The predicted octanol–water partition coefficient (Wildman–Crippen LogP) is 4.02. The van der Waals surface area contributed by atoms with E-state index in [9.17, 15) is 4.79 Å². The maximum atomic E-state index is 12.6. The van der Waals surface area contributed by atoms with Gasteiger partial charge in [0.15, 0.2) is 0 Å². The zero-order chi connectivity index (χ0) is 17.9. The number of carbonyl (C=O) groups excluding carboxylic acids is 1. The number of nitrogens with one attached hydrogen (secondary N) is 1. The average molecular weight is 367 g/mol. The molecule has 1 unspecified atom stereocenters. The summed E-state index contributed by atoms with van der Waals surface area (Å²) in [6, 6.07) is 11.9. The molecular formula is C20H21N3O2S. The summed E-state index contributed by atoms with van der Waals surface area (Å²) in [4.78, 5) is 18.7. The summed E-state index contributed by atoms with van der Waals surface area (Å²) in [5.41, 5.74) is 2.09. The molecule has 0 radical (unpaired) electrons. The number of hydrogen-bond acceptors (Lipinski definition) is 4. The van der Waals surface area contributed by atoms with Crippen LogP contribution in [0, 0.1) is 6.92 Å². The fourth-order valence-electron chi connectivity index (χ4n) is 3.24. The van der Waals surface area contributed by atoms with Crippen molar-refractivity contribution in [2.45, 2.75) is 32.4 Å². The number of amides is 1. The Morgan fingerprint density at radius 2 is 2.23 bits per heavy atom. The molecule has 1 aliphatic heterocycles. The van der Waals surface area contributed by atoms with Crippen LogP contribution in [0.5, 0.6) is 0 Å². The van der Waals surface area contributed by atoms with Crippen molar-refractivity contribution < 1.29 is 9.53 Å². The van der Waals surface area contributed by atoms with E-state index in [1.165, 1.54) is 11.3 Å². The number of aromatic nitrogens is 2. The highest BCUT2D eigenvalue weighted by Crippen LogP contribution is 2.33. The summed E-state index contributed by atoms with van der Waals surface area (Å²) in [5.74, 6) is 0.875. The van der Waals surface area contributed by atoms with Gasteiger partial charge in [-0.25, -0.2) is 4.98 Å². The molecule has 1 amide bonds. The number of aryl methyl sites for hydroxylation is 1. The molecule has 1 atom stereocenters. The minimum absolute atomic E-state index is 0.0450. The quantitative estimate of drug-likeness (QED) is 0.741. The van der Waals surface area contributed by atoms with Gasteiger partial charge in [0.1, 0.15) is 5.82 Å². The molecular weight excluding hydrogens is 346 g/mol. The molecule has 1 aliphatic rings. The largest absolute Gasteiger partial charge is 0.373 e. The van der Waals surface area contributed by atoms with Crippen molar-refractivity contribution in [3.05, 3.63) is 69.9 Å². The number of thiophene rings is 1. The van der Waals surface area contributed by atoms with Crippen molar-refractivity contribution >= 4 is 17.2 Å². The molecule has 1 fully saturated rings. The van der Waals surface area contributed by atoms with Crippen LogP contribution in [0.25, 0.3) is 5.69 Å². The maximum Gasteiger partial charge on any atom is 0.261 e. The third kappa shape index (κ3) is 3.43. The molecule has 6 heteroatoms. The van der Waals surface area contributed by atoms with Gasteiger partial charge in [-0.2, -0.15) is 0 Å². The normalized spacial score (nSPS) is 16.7. The van der Waals surface area contributed by atoms with Crippen LogP contribution in [0.15, 0.2) is 48.8 Å². The SMILES string of the molecule is Cc1nccn1-c1ccccc1CNC(=O)c1ccc(C2CCCO2)s1. The van der Waals surface area contributed by atoms with Crippen LogP contribution < -0.4 is 5.32 Å². The van der Waals surface area contributed by atoms with Crippen LogP contribution in [0.3, 0.4) is 0 Å². The van der Waals surface area contributed by atoms with Crippen molar-refractivity contribution in [2.24, 2.45) is 0 Å².